The van der Waals surface area contributed by atoms with Crippen molar-refractivity contribution in [2.45, 2.75) is 39.8 Å². The van der Waals surface area contributed by atoms with Gasteiger partial charge in [-0.25, -0.2) is 4.98 Å². The van der Waals surface area contributed by atoms with E-state index in [4.69, 9.17) is 4.74 Å². The summed E-state index contributed by atoms with van der Waals surface area (Å²) in [4.78, 5) is 8.70. The molecular weight excluding hydrogens is 250 g/mol. The highest BCUT2D eigenvalue weighted by Gasteiger charge is 2.09. The standard InChI is InChI=1S/C16H21N3O/c1-12-14(8-6-10-17-12)20-15-9-5-7-13(19-15)11-18-16(2,3)4/h5-10,18H,11H2,1-4H3. The zero-order valence-corrected chi connectivity index (χ0v) is 12.5. The lowest BCUT2D eigenvalue weighted by Crippen LogP contribution is -2.35. The van der Waals surface area contributed by atoms with E-state index >= 15 is 0 Å². The molecule has 0 saturated heterocycles. The van der Waals surface area contributed by atoms with E-state index in [0.717, 1.165) is 17.1 Å². The van der Waals surface area contributed by atoms with E-state index in [1.54, 1.807) is 6.20 Å². The van der Waals surface area contributed by atoms with Crippen molar-refractivity contribution in [1.82, 2.24) is 15.3 Å². The molecule has 0 aliphatic carbocycles. The fourth-order valence-corrected chi connectivity index (χ4v) is 1.66. The first-order chi connectivity index (χ1) is 9.44. The van der Waals surface area contributed by atoms with Gasteiger partial charge < -0.3 is 10.1 Å². The molecule has 20 heavy (non-hydrogen) atoms. The molecule has 2 aromatic rings. The molecule has 0 atom stereocenters. The van der Waals surface area contributed by atoms with Crippen LogP contribution in [0.4, 0.5) is 0 Å². The molecule has 0 aliphatic rings. The fourth-order valence-electron chi connectivity index (χ4n) is 1.66. The Morgan fingerprint density at radius 3 is 2.65 bits per heavy atom. The third-order valence-electron chi connectivity index (χ3n) is 2.75. The zero-order valence-electron chi connectivity index (χ0n) is 12.5. The molecule has 106 valence electrons. The minimum Gasteiger partial charge on any atom is -0.437 e. The van der Waals surface area contributed by atoms with Crippen LogP contribution < -0.4 is 10.1 Å². The molecule has 2 rings (SSSR count). The number of aryl methyl sites for hydroxylation is 1. The maximum Gasteiger partial charge on any atom is 0.219 e. The highest BCUT2D eigenvalue weighted by Crippen LogP contribution is 2.21. The molecule has 4 heteroatoms. The van der Waals surface area contributed by atoms with Crippen LogP contribution in [0.5, 0.6) is 11.6 Å². The summed E-state index contributed by atoms with van der Waals surface area (Å²) in [7, 11) is 0. The van der Waals surface area contributed by atoms with Gasteiger partial charge in [-0.05, 0) is 45.9 Å². The Labute approximate surface area is 120 Å². The summed E-state index contributed by atoms with van der Waals surface area (Å²) in [5.74, 6) is 1.33. The summed E-state index contributed by atoms with van der Waals surface area (Å²) in [6, 6.07) is 9.54. The van der Waals surface area contributed by atoms with Crippen LogP contribution in [0.15, 0.2) is 36.5 Å². The molecule has 0 unspecified atom stereocenters. The van der Waals surface area contributed by atoms with E-state index in [-0.39, 0.29) is 5.54 Å². The summed E-state index contributed by atoms with van der Waals surface area (Å²) in [5, 5.41) is 3.41. The van der Waals surface area contributed by atoms with E-state index < -0.39 is 0 Å². The van der Waals surface area contributed by atoms with Crippen LogP contribution in [0.1, 0.15) is 32.2 Å². The number of rotatable bonds is 4. The lowest BCUT2D eigenvalue weighted by Gasteiger charge is -2.20. The van der Waals surface area contributed by atoms with Crippen molar-refractivity contribution in [3.63, 3.8) is 0 Å². The zero-order chi connectivity index (χ0) is 14.6. The number of pyridine rings is 2. The molecule has 0 amide bonds. The molecule has 0 bridgehead atoms. The Bertz CT molecular complexity index is 576. The molecule has 0 radical (unpaired) electrons. The monoisotopic (exact) mass is 271 g/mol. The van der Waals surface area contributed by atoms with Gasteiger partial charge in [-0.1, -0.05) is 6.07 Å². The second-order valence-corrected chi connectivity index (χ2v) is 5.76. The summed E-state index contributed by atoms with van der Waals surface area (Å²) in [6.07, 6.45) is 1.75. The average molecular weight is 271 g/mol. The predicted molar refractivity (Wildman–Crippen MR) is 79.9 cm³/mol. The van der Waals surface area contributed by atoms with Gasteiger partial charge in [0.05, 0.1) is 11.4 Å². The first-order valence-electron chi connectivity index (χ1n) is 6.74. The second-order valence-electron chi connectivity index (χ2n) is 5.76. The minimum atomic E-state index is 0.0679. The average Bonchev–Trinajstić information content (AvgIpc) is 2.39. The number of hydrogen-bond acceptors (Lipinski definition) is 4. The van der Waals surface area contributed by atoms with Gasteiger partial charge in [0, 0.05) is 24.3 Å². The van der Waals surface area contributed by atoms with Crippen molar-refractivity contribution in [3.05, 3.63) is 47.9 Å². The fraction of sp³-hybridized carbons (Fsp3) is 0.375. The molecule has 0 aromatic carbocycles. The number of nitrogens with one attached hydrogen (secondary N) is 1. The molecule has 2 aromatic heterocycles. The van der Waals surface area contributed by atoms with Gasteiger partial charge in [-0.3, -0.25) is 4.98 Å². The minimum absolute atomic E-state index is 0.0679. The summed E-state index contributed by atoms with van der Waals surface area (Å²) in [6.45, 7) is 9.03. The van der Waals surface area contributed by atoms with Crippen LogP contribution in [0, 0.1) is 6.92 Å². The SMILES string of the molecule is Cc1ncccc1Oc1cccc(CNC(C)(C)C)n1. The number of ether oxygens (including phenoxy) is 1. The van der Waals surface area contributed by atoms with Gasteiger partial charge >= 0.3 is 0 Å². The van der Waals surface area contributed by atoms with Crippen LogP contribution in [0.25, 0.3) is 0 Å². The third kappa shape index (κ3) is 4.31. The van der Waals surface area contributed by atoms with E-state index in [0.29, 0.717) is 12.4 Å². The molecule has 2 heterocycles. The van der Waals surface area contributed by atoms with Gasteiger partial charge in [-0.2, -0.15) is 0 Å². The van der Waals surface area contributed by atoms with Crippen LogP contribution in [0.2, 0.25) is 0 Å². The normalized spacial score (nSPS) is 11.4. The first kappa shape index (κ1) is 14.5. The lowest BCUT2D eigenvalue weighted by molar-refractivity contribution is 0.415. The molecule has 1 N–H and O–H groups in total. The van der Waals surface area contributed by atoms with Crippen molar-refractivity contribution in [2.75, 3.05) is 0 Å². The van der Waals surface area contributed by atoms with Crippen molar-refractivity contribution < 1.29 is 4.74 Å². The van der Waals surface area contributed by atoms with Gasteiger partial charge in [0.1, 0.15) is 0 Å². The van der Waals surface area contributed by atoms with E-state index in [1.165, 1.54) is 0 Å². The number of aromatic nitrogens is 2. The van der Waals surface area contributed by atoms with Crippen LogP contribution in [0.3, 0.4) is 0 Å². The van der Waals surface area contributed by atoms with Crippen molar-refractivity contribution in [1.29, 1.82) is 0 Å². The Morgan fingerprint density at radius 2 is 1.95 bits per heavy atom. The number of nitrogens with zero attached hydrogens (tertiary/aromatic N) is 2. The Morgan fingerprint density at radius 1 is 1.15 bits per heavy atom. The van der Waals surface area contributed by atoms with Gasteiger partial charge in [0.15, 0.2) is 5.75 Å². The topological polar surface area (TPSA) is 47.0 Å². The van der Waals surface area contributed by atoms with Crippen molar-refractivity contribution >= 4 is 0 Å². The van der Waals surface area contributed by atoms with E-state index in [1.807, 2.05) is 37.3 Å². The van der Waals surface area contributed by atoms with Crippen molar-refractivity contribution in [3.8, 4) is 11.6 Å². The smallest absolute Gasteiger partial charge is 0.219 e. The Balaban J connectivity index is 2.08. The quantitative estimate of drug-likeness (QED) is 0.925. The molecule has 0 saturated carbocycles. The van der Waals surface area contributed by atoms with Crippen LogP contribution in [-0.2, 0) is 6.54 Å². The molecular formula is C16H21N3O. The predicted octanol–water partition coefficient (Wildman–Crippen LogP) is 3.47. The summed E-state index contributed by atoms with van der Waals surface area (Å²) in [5.41, 5.74) is 1.88. The van der Waals surface area contributed by atoms with Crippen LogP contribution in [-0.4, -0.2) is 15.5 Å². The maximum absolute atomic E-state index is 5.78. The van der Waals surface area contributed by atoms with Gasteiger partial charge in [0.2, 0.25) is 5.88 Å². The highest BCUT2D eigenvalue weighted by molar-refractivity contribution is 5.30. The molecule has 0 aliphatic heterocycles. The Hall–Kier alpha value is -1.94. The highest BCUT2D eigenvalue weighted by atomic mass is 16.5. The van der Waals surface area contributed by atoms with Gasteiger partial charge in [-0.15, -0.1) is 0 Å². The Kier molecular flexibility index (Phi) is 4.35. The summed E-state index contributed by atoms with van der Waals surface area (Å²) < 4.78 is 5.78. The molecule has 0 fully saturated rings. The first-order valence-corrected chi connectivity index (χ1v) is 6.74. The third-order valence-corrected chi connectivity index (χ3v) is 2.75. The summed E-state index contributed by atoms with van der Waals surface area (Å²) >= 11 is 0. The number of hydrogen-bond donors (Lipinski definition) is 1. The van der Waals surface area contributed by atoms with E-state index in [2.05, 4.69) is 36.1 Å². The molecule has 4 nitrogen and oxygen atoms in total. The molecule has 0 spiro atoms. The maximum atomic E-state index is 5.78. The van der Waals surface area contributed by atoms with E-state index in [9.17, 15) is 0 Å². The second kappa shape index (κ2) is 6.01. The van der Waals surface area contributed by atoms with Crippen molar-refractivity contribution in [2.24, 2.45) is 0 Å². The largest absolute Gasteiger partial charge is 0.437 e. The van der Waals surface area contributed by atoms with Crippen LogP contribution >= 0.6 is 0 Å². The lowest BCUT2D eigenvalue weighted by atomic mass is 10.1. The van der Waals surface area contributed by atoms with Gasteiger partial charge in [0.25, 0.3) is 0 Å².